The number of carbonyl (C=O) groups is 1. The van der Waals surface area contributed by atoms with Crippen molar-refractivity contribution in [1.29, 1.82) is 0 Å². The van der Waals surface area contributed by atoms with Gasteiger partial charge in [-0.15, -0.1) is 0 Å². The maximum Gasteiger partial charge on any atom is 0.138 e. The summed E-state index contributed by atoms with van der Waals surface area (Å²) in [7, 11) is 0. The smallest absolute Gasteiger partial charge is 0.138 e. The Morgan fingerprint density at radius 3 is 3.36 bits per heavy atom. The summed E-state index contributed by atoms with van der Waals surface area (Å²) in [5, 5.41) is 0. The van der Waals surface area contributed by atoms with Crippen LogP contribution in [0.15, 0.2) is 12.4 Å². The van der Waals surface area contributed by atoms with E-state index in [1.807, 2.05) is 10.8 Å². The molecule has 0 saturated carbocycles. The molecule has 0 aliphatic carbocycles. The highest BCUT2D eigenvalue weighted by atomic mass is 16.5. The molecule has 2 atom stereocenters. The minimum absolute atomic E-state index is 0.0253. The molecule has 2 rings (SSSR count). The van der Waals surface area contributed by atoms with Crippen LogP contribution in [0.3, 0.4) is 0 Å². The third-order valence-corrected chi connectivity index (χ3v) is 2.66. The van der Waals surface area contributed by atoms with E-state index in [0.29, 0.717) is 6.61 Å². The fraction of sp³-hybridized carbons (Fsp3) is 0.600. The lowest BCUT2D eigenvalue weighted by molar-refractivity contribution is -0.112. The van der Waals surface area contributed by atoms with Crippen LogP contribution in [-0.2, 0) is 16.1 Å². The average Bonchev–Trinajstić information content (AvgIpc) is 2.85. The minimum atomic E-state index is -0.137. The van der Waals surface area contributed by atoms with Crippen LogP contribution in [0.4, 0.5) is 0 Å². The number of imidazole rings is 1. The van der Waals surface area contributed by atoms with Crippen molar-refractivity contribution in [3.05, 3.63) is 18.2 Å². The number of rotatable bonds is 3. The molecule has 14 heavy (non-hydrogen) atoms. The molecule has 0 amide bonds. The fourth-order valence-electron chi connectivity index (χ4n) is 1.86. The summed E-state index contributed by atoms with van der Waals surface area (Å²) >= 11 is 0. The Hall–Kier alpha value is -1.16. The predicted molar refractivity (Wildman–Crippen MR) is 50.8 cm³/mol. The Kier molecular flexibility index (Phi) is 2.63. The molecule has 1 aliphatic rings. The van der Waals surface area contributed by atoms with Gasteiger partial charge in [0.25, 0.3) is 0 Å². The van der Waals surface area contributed by atoms with E-state index in [0.717, 1.165) is 25.1 Å². The Balaban J connectivity index is 2.25. The second kappa shape index (κ2) is 3.92. The monoisotopic (exact) mass is 194 g/mol. The first-order valence-electron chi connectivity index (χ1n) is 4.94. The SMILES string of the molecule is CCn1ccnc1C1OCCC1C=O. The first-order valence-corrected chi connectivity index (χ1v) is 4.94. The van der Waals surface area contributed by atoms with Crippen LogP contribution in [-0.4, -0.2) is 22.4 Å². The molecule has 0 aromatic carbocycles. The van der Waals surface area contributed by atoms with Gasteiger partial charge in [0.2, 0.25) is 0 Å². The van der Waals surface area contributed by atoms with Gasteiger partial charge in [-0.05, 0) is 13.3 Å². The first-order chi connectivity index (χ1) is 6.86. The summed E-state index contributed by atoms with van der Waals surface area (Å²) < 4.78 is 7.55. The zero-order valence-corrected chi connectivity index (χ0v) is 8.22. The van der Waals surface area contributed by atoms with Crippen LogP contribution in [0.2, 0.25) is 0 Å². The van der Waals surface area contributed by atoms with E-state index in [-0.39, 0.29) is 12.0 Å². The third kappa shape index (κ3) is 1.46. The van der Waals surface area contributed by atoms with E-state index in [1.165, 1.54) is 0 Å². The highest BCUT2D eigenvalue weighted by molar-refractivity contribution is 5.55. The highest BCUT2D eigenvalue weighted by Gasteiger charge is 2.32. The molecule has 2 heterocycles. The van der Waals surface area contributed by atoms with Gasteiger partial charge in [-0.2, -0.15) is 0 Å². The predicted octanol–water partition coefficient (Wildman–Crippen LogP) is 1.18. The van der Waals surface area contributed by atoms with Crippen molar-refractivity contribution >= 4 is 6.29 Å². The third-order valence-electron chi connectivity index (χ3n) is 2.66. The molecule has 1 aromatic rings. The van der Waals surface area contributed by atoms with E-state index in [1.54, 1.807) is 6.20 Å². The van der Waals surface area contributed by atoms with Gasteiger partial charge in [0.05, 0.1) is 5.92 Å². The molecular weight excluding hydrogens is 180 g/mol. The molecule has 0 spiro atoms. The number of carbonyl (C=O) groups excluding carboxylic acids is 1. The number of hydrogen-bond acceptors (Lipinski definition) is 3. The Morgan fingerprint density at radius 1 is 1.79 bits per heavy atom. The molecule has 1 saturated heterocycles. The molecule has 76 valence electrons. The fourth-order valence-corrected chi connectivity index (χ4v) is 1.86. The van der Waals surface area contributed by atoms with Gasteiger partial charge < -0.3 is 14.1 Å². The van der Waals surface area contributed by atoms with Crippen LogP contribution >= 0.6 is 0 Å². The summed E-state index contributed by atoms with van der Waals surface area (Å²) in [5.41, 5.74) is 0. The molecule has 2 unspecified atom stereocenters. The van der Waals surface area contributed by atoms with Gasteiger partial charge >= 0.3 is 0 Å². The molecule has 1 aliphatic heterocycles. The number of aryl methyl sites for hydroxylation is 1. The maximum absolute atomic E-state index is 10.8. The van der Waals surface area contributed by atoms with E-state index >= 15 is 0 Å². The first kappa shape index (κ1) is 9.40. The quantitative estimate of drug-likeness (QED) is 0.679. The summed E-state index contributed by atoms with van der Waals surface area (Å²) in [4.78, 5) is 15.0. The topological polar surface area (TPSA) is 44.1 Å². The van der Waals surface area contributed by atoms with Crippen molar-refractivity contribution < 1.29 is 9.53 Å². The Bertz CT molecular complexity index is 322. The standard InChI is InChI=1S/C10H14N2O2/c1-2-12-5-4-11-10(12)9-8(7-13)3-6-14-9/h4-5,7-9H,2-3,6H2,1H3. The van der Waals surface area contributed by atoms with Crippen LogP contribution in [0, 0.1) is 5.92 Å². The number of ether oxygens (including phenoxy) is 1. The van der Waals surface area contributed by atoms with Crippen molar-refractivity contribution in [2.75, 3.05) is 6.61 Å². The van der Waals surface area contributed by atoms with Gasteiger partial charge in [0.1, 0.15) is 18.2 Å². The zero-order valence-electron chi connectivity index (χ0n) is 8.22. The van der Waals surface area contributed by atoms with Gasteiger partial charge in [-0.1, -0.05) is 0 Å². The summed E-state index contributed by atoms with van der Waals surface area (Å²) in [5.74, 6) is 0.852. The molecule has 0 radical (unpaired) electrons. The summed E-state index contributed by atoms with van der Waals surface area (Å²) in [6.45, 7) is 3.57. The van der Waals surface area contributed by atoms with Crippen molar-refractivity contribution in [3.63, 3.8) is 0 Å². The Labute approximate surface area is 82.9 Å². The van der Waals surface area contributed by atoms with Crippen molar-refractivity contribution in [1.82, 2.24) is 9.55 Å². The van der Waals surface area contributed by atoms with E-state index in [9.17, 15) is 4.79 Å². The lowest BCUT2D eigenvalue weighted by atomic mass is 10.0. The van der Waals surface area contributed by atoms with Gasteiger partial charge in [0, 0.05) is 25.5 Å². The van der Waals surface area contributed by atoms with Crippen LogP contribution in [0.25, 0.3) is 0 Å². The van der Waals surface area contributed by atoms with E-state index in [4.69, 9.17) is 4.74 Å². The van der Waals surface area contributed by atoms with Gasteiger partial charge in [-0.25, -0.2) is 4.98 Å². The average molecular weight is 194 g/mol. The normalized spacial score (nSPS) is 26.6. The lowest BCUT2D eigenvalue weighted by Gasteiger charge is -2.14. The van der Waals surface area contributed by atoms with E-state index < -0.39 is 0 Å². The lowest BCUT2D eigenvalue weighted by Crippen LogP contribution is -2.14. The summed E-state index contributed by atoms with van der Waals surface area (Å²) in [6.07, 6.45) is 5.32. The van der Waals surface area contributed by atoms with Crippen molar-refractivity contribution in [3.8, 4) is 0 Å². The number of aldehydes is 1. The largest absolute Gasteiger partial charge is 0.370 e. The number of aromatic nitrogens is 2. The molecular formula is C10H14N2O2. The summed E-state index contributed by atoms with van der Waals surface area (Å²) in [6, 6.07) is 0. The van der Waals surface area contributed by atoms with Crippen LogP contribution in [0.5, 0.6) is 0 Å². The van der Waals surface area contributed by atoms with Crippen LogP contribution < -0.4 is 0 Å². The molecule has 1 fully saturated rings. The van der Waals surface area contributed by atoms with Crippen LogP contribution in [0.1, 0.15) is 25.3 Å². The molecule has 0 bridgehead atoms. The molecule has 0 N–H and O–H groups in total. The van der Waals surface area contributed by atoms with Gasteiger partial charge in [0.15, 0.2) is 0 Å². The minimum Gasteiger partial charge on any atom is -0.370 e. The number of hydrogen-bond donors (Lipinski definition) is 0. The second-order valence-electron chi connectivity index (χ2n) is 3.45. The van der Waals surface area contributed by atoms with E-state index in [2.05, 4.69) is 11.9 Å². The zero-order chi connectivity index (χ0) is 9.97. The molecule has 4 nitrogen and oxygen atoms in total. The highest BCUT2D eigenvalue weighted by Crippen LogP contribution is 2.31. The molecule has 1 aromatic heterocycles. The second-order valence-corrected chi connectivity index (χ2v) is 3.45. The maximum atomic E-state index is 10.8. The van der Waals surface area contributed by atoms with Crippen molar-refractivity contribution in [2.24, 2.45) is 5.92 Å². The Morgan fingerprint density at radius 2 is 2.64 bits per heavy atom. The van der Waals surface area contributed by atoms with Gasteiger partial charge in [-0.3, -0.25) is 0 Å². The molecule has 4 heteroatoms. The van der Waals surface area contributed by atoms with Crippen molar-refractivity contribution in [2.45, 2.75) is 26.0 Å². The number of nitrogens with zero attached hydrogens (tertiary/aromatic N) is 2.